The third kappa shape index (κ3) is 5.38. The van der Waals surface area contributed by atoms with Crippen LogP contribution >= 0.6 is 0 Å². The summed E-state index contributed by atoms with van der Waals surface area (Å²) in [4.78, 5) is 29.7. The first-order valence-electron chi connectivity index (χ1n) is 10.0. The molecule has 156 valence electrons. The van der Waals surface area contributed by atoms with Gasteiger partial charge in [-0.25, -0.2) is 4.79 Å². The minimum Gasteiger partial charge on any atom is -0.444 e. The Morgan fingerprint density at radius 3 is 2.37 bits per heavy atom. The number of ether oxygens (including phenoxy) is 1. The highest BCUT2D eigenvalue weighted by molar-refractivity contribution is 5.87. The topological polar surface area (TPSA) is 62.4 Å². The lowest BCUT2D eigenvalue weighted by molar-refractivity contribution is -0.112. The summed E-state index contributed by atoms with van der Waals surface area (Å²) in [6, 6.07) is 19.5. The number of hydrogen-bond acceptors (Lipinski definition) is 3. The Labute approximate surface area is 177 Å². The molecule has 1 heterocycles. The van der Waals surface area contributed by atoms with Gasteiger partial charge in [0.2, 0.25) is 0 Å². The van der Waals surface area contributed by atoms with Crippen molar-refractivity contribution in [1.82, 2.24) is 9.88 Å². The molecule has 0 radical (unpaired) electrons. The smallest absolute Gasteiger partial charge is 0.411 e. The third-order valence-electron chi connectivity index (χ3n) is 4.56. The number of fused-ring (bicyclic) bond motifs is 1. The molecule has 1 unspecified atom stereocenters. The van der Waals surface area contributed by atoms with E-state index in [1.165, 1.54) is 13.0 Å². The Morgan fingerprint density at radius 2 is 1.73 bits per heavy atom. The number of rotatable bonds is 6. The van der Waals surface area contributed by atoms with Crippen LogP contribution in [0.3, 0.4) is 0 Å². The molecule has 0 aliphatic rings. The van der Waals surface area contributed by atoms with Gasteiger partial charge in [0.15, 0.2) is 5.78 Å². The number of amides is 1. The molecule has 0 spiro atoms. The molecule has 1 N–H and O–H groups in total. The third-order valence-corrected chi connectivity index (χ3v) is 4.56. The van der Waals surface area contributed by atoms with Gasteiger partial charge in [0.05, 0.1) is 0 Å². The maximum Gasteiger partial charge on any atom is 0.411 e. The lowest BCUT2D eigenvalue weighted by Gasteiger charge is -2.33. The second kappa shape index (κ2) is 8.99. The summed E-state index contributed by atoms with van der Waals surface area (Å²) in [5.74, 6) is -0.0685. The molecule has 0 saturated heterocycles. The monoisotopic (exact) mass is 404 g/mol. The highest BCUT2D eigenvalue weighted by Gasteiger charge is 2.31. The molecule has 30 heavy (non-hydrogen) atoms. The second-order valence-electron chi connectivity index (χ2n) is 8.27. The molecule has 0 aliphatic carbocycles. The first kappa shape index (κ1) is 21.4. The van der Waals surface area contributed by atoms with Crippen LogP contribution in [-0.2, 0) is 9.53 Å². The molecular weight excluding hydrogens is 376 g/mol. The molecule has 0 saturated carbocycles. The summed E-state index contributed by atoms with van der Waals surface area (Å²) < 4.78 is 5.71. The van der Waals surface area contributed by atoms with Crippen molar-refractivity contribution in [2.75, 3.05) is 6.54 Å². The SMILES string of the molecule is CC(=O)/C=C/CN(C(=O)OC(C)(C)C)C(c1ccccc1)c1cc2ccccc2[nH]1. The molecule has 5 heteroatoms. The minimum absolute atomic E-state index is 0.0685. The number of hydrogen-bond donors (Lipinski definition) is 1. The molecule has 5 nitrogen and oxygen atoms in total. The average Bonchev–Trinajstić information content (AvgIpc) is 3.10. The van der Waals surface area contributed by atoms with Gasteiger partial charge >= 0.3 is 6.09 Å². The van der Waals surface area contributed by atoms with Gasteiger partial charge in [0, 0.05) is 17.8 Å². The van der Waals surface area contributed by atoms with Crippen LogP contribution in [0.1, 0.15) is 45.0 Å². The Balaban J connectivity index is 2.09. The van der Waals surface area contributed by atoms with Crippen LogP contribution < -0.4 is 0 Å². The zero-order chi connectivity index (χ0) is 21.7. The van der Waals surface area contributed by atoms with E-state index in [1.807, 2.05) is 75.4 Å². The highest BCUT2D eigenvalue weighted by atomic mass is 16.6. The van der Waals surface area contributed by atoms with Crippen molar-refractivity contribution in [3.63, 3.8) is 0 Å². The molecule has 1 amide bonds. The minimum atomic E-state index is -0.638. The number of allylic oxidation sites excluding steroid dienone is 1. The number of H-pyrrole nitrogens is 1. The Bertz CT molecular complexity index is 1010. The molecule has 2 aromatic carbocycles. The molecule has 3 aromatic rings. The van der Waals surface area contributed by atoms with E-state index in [-0.39, 0.29) is 12.3 Å². The van der Waals surface area contributed by atoms with Crippen LogP contribution in [0.25, 0.3) is 10.9 Å². The first-order chi connectivity index (χ1) is 14.2. The summed E-state index contributed by atoms with van der Waals surface area (Å²) in [5.41, 5.74) is 2.19. The number of carbonyl (C=O) groups is 2. The number of para-hydroxylation sites is 1. The van der Waals surface area contributed by atoms with Crippen molar-refractivity contribution >= 4 is 22.8 Å². The fourth-order valence-electron chi connectivity index (χ4n) is 3.34. The Morgan fingerprint density at radius 1 is 1.07 bits per heavy atom. The van der Waals surface area contributed by atoms with Crippen LogP contribution in [0.15, 0.2) is 72.8 Å². The number of ketones is 1. The molecule has 0 fully saturated rings. The summed E-state index contributed by atoms with van der Waals surface area (Å²) in [6.07, 6.45) is 2.73. The van der Waals surface area contributed by atoms with Crippen molar-refractivity contribution in [1.29, 1.82) is 0 Å². The maximum absolute atomic E-state index is 13.2. The average molecular weight is 405 g/mol. The predicted octanol–water partition coefficient (Wildman–Crippen LogP) is 5.64. The zero-order valence-electron chi connectivity index (χ0n) is 17.9. The van der Waals surface area contributed by atoms with Crippen molar-refractivity contribution in [3.8, 4) is 0 Å². The molecule has 0 aliphatic heterocycles. The number of benzene rings is 2. The normalized spacial score (nSPS) is 12.8. The van der Waals surface area contributed by atoms with E-state index >= 15 is 0 Å². The van der Waals surface area contributed by atoms with Crippen molar-refractivity contribution in [2.24, 2.45) is 0 Å². The van der Waals surface area contributed by atoms with Gasteiger partial charge in [-0.2, -0.15) is 0 Å². The molecular formula is C25H28N2O3. The Hall–Kier alpha value is -3.34. The Kier molecular flexibility index (Phi) is 6.40. The number of nitrogens with zero attached hydrogens (tertiary/aromatic N) is 1. The van der Waals surface area contributed by atoms with Crippen molar-refractivity contribution < 1.29 is 14.3 Å². The van der Waals surface area contributed by atoms with Crippen LogP contribution in [0, 0.1) is 0 Å². The number of nitrogens with one attached hydrogen (secondary N) is 1. The molecule has 1 aromatic heterocycles. The van der Waals surface area contributed by atoms with Crippen molar-refractivity contribution in [2.45, 2.75) is 39.3 Å². The van der Waals surface area contributed by atoms with Crippen LogP contribution in [0.2, 0.25) is 0 Å². The zero-order valence-corrected chi connectivity index (χ0v) is 17.9. The number of aromatic amines is 1. The van der Waals surface area contributed by atoms with Gasteiger partial charge in [-0.1, -0.05) is 54.6 Å². The van der Waals surface area contributed by atoms with E-state index in [9.17, 15) is 9.59 Å². The number of aromatic nitrogens is 1. The van der Waals surface area contributed by atoms with Gasteiger partial charge in [-0.15, -0.1) is 0 Å². The van der Waals surface area contributed by atoms with Gasteiger partial charge in [0.25, 0.3) is 0 Å². The molecule has 3 rings (SSSR count). The summed E-state index contributed by atoms with van der Waals surface area (Å²) in [6.45, 7) is 7.25. The van der Waals surface area contributed by atoms with Gasteiger partial charge in [-0.3, -0.25) is 9.69 Å². The lowest BCUT2D eigenvalue weighted by atomic mass is 10.0. The second-order valence-corrected chi connectivity index (χ2v) is 8.27. The molecule has 1 atom stereocenters. The van der Waals surface area contributed by atoms with Crippen LogP contribution in [0.4, 0.5) is 4.79 Å². The number of carbonyl (C=O) groups excluding carboxylic acids is 2. The van der Waals surface area contributed by atoms with Crippen LogP contribution in [0.5, 0.6) is 0 Å². The fraction of sp³-hybridized carbons (Fsp3) is 0.280. The fourth-order valence-corrected chi connectivity index (χ4v) is 3.34. The lowest BCUT2D eigenvalue weighted by Crippen LogP contribution is -2.40. The first-order valence-corrected chi connectivity index (χ1v) is 10.0. The van der Waals surface area contributed by atoms with E-state index < -0.39 is 17.7 Å². The quantitative estimate of drug-likeness (QED) is 0.541. The van der Waals surface area contributed by atoms with Gasteiger partial charge in [-0.05, 0) is 56.9 Å². The maximum atomic E-state index is 13.2. The van der Waals surface area contributed by atoms with Crippen LogP contribution in [-0.4, -0.2) is 33.9 Å². The van der Waals surface area contributed by atoms with E-state index in [4.69, 9.17) is 4.74 Å². The highest BCUT2D eigenvalue weighted by Crippen LogP contribution is 2.31. The van der Waals surface area contributed by atoms with E-state index in [0.717, 1.165) is 22.2 Å². The summed E-state index contributed by atoms with van der Waals surface area (Å²) >= 11 is 0. The van der Waals surface area contributed by atoms with E-state index in [2.05, 4.69) is 11.1 Å². The van der Waals surface area contributed by atoms with Gasteiger partial charge < -0.3 is 9.72 Å². The van der Waals surface area contributed by atoms with E-state index in [0.29, 0.717) is 0 Å². The largest absolute Gasteiger partial charge is 0.444 e. The van der Waals surface area contributed by atoms with Crippen molar-refractivity contribution in [3.05, 3.63) is 84.1 Å². The predicted molar refractivity (Wildman–Crippen MR) is 119 cm³/mol. The van der Waals surface area contributed by atoms with Gasteiger partial charge in [0.1, 0.15) is 11.6 Å². The molecule has 0 bridgehead atoms. The summed E-state index contributed by atoms with van der Waals surface area (Å²) in [5, 5.41) is 1.07. The standard InChI is InChI=1S/C25H28N2O3/c1-18(28)11-10-16-27(24(29)30-25(2,3)4)23(19-12-6-5-7-13-19)22-17-20-14-8-9-15-21(20)26-22/h5-15,17,23,26H,16H2,1-4H3/b11-10+. The summed E-state index contributed by atoms with van der Waals surface area (Å²) in [7, 11) is 0. The van der Waals surface area contributed by atoms with E-state index in [1.54, 1.807) is 11.0 Å².